The van der Waals surface area contributed by atoms with Crippen LogP contribution in [0.1, 0.15) is 25.3 Å². The van der Waals surface area contributed by atoms with Crippen molar-refractivity contribution in [3.8, 4) is 0 Å². The molecule has 0 aromatic heterocycles. The highest BCUT2D eigenvalue weighted by molar-refractivity contribution is 7.86. The lowest BCUT2D eigenvalue weighted by Gasteiger charge is -2.09. The van der Waals surface area contributed by atoms with Crippen molar-refractivity contribution in [1.29, 1.82) is 0 Å². The molecule has 0 N–H and O–H groups in total. The Morgan fingerprint density at radius 2 is 1.88 bits per heavy atom. The molecule has 1 rings (SSSR count). The first-order valence-electron chi connectivity index (χ1n) is 5.09. The van der Waals surface area contributed by atoms with Crippen molar-refractivity contribution in [2.75, 3.05) is 0 Å². The van der Waals surface area contributed by atoms with Crippen LogP contribution < -0.4 is 0 Å². The Hall–Kier alpha value is -0.940. The van der Waals surface area contributed by atoms with Gasteiger partial charge in [0.25, 0.3) is 10.1 Å². The fourth-order valence-corrected chi connectivity index (χ4v) is 2.12. The number of benzene rings is 1. The van der Waals surface area contributed by atoms with Gasteiger partial charge >= 0.3 is 0 Å². The molecule has 0 amide bonds. The van der Waals surface area contributed by atoms with E-state index in [0.717, 1.165) is 5.56 Å². The third kappa shape index (κ3) is 3.57. The quantitative estimate of drug-likeness (QED) is 0.750. The number of aryl methyl sites for hydroxylation is 1. The highest BCUT2D eigenvalue weighted by Gasteiger charge is 2.20. The van der Waals surface area contributed by atoms with Gasteiger partial charge in [-0.2, -0.15) is 8.42 Å². The Morgan fingerprint density at radius 3 is 2.38 bits per heavy atom. The van der Waals surface area contributed by atoms with Gasteiger partial charge in [-0.25, -0.2) is 8.57 Å². The molecule has 0 radical (unpaired) electrons. The minimum Gasteiger partial charge on any atom is -0.229 e. The van der Waals surface area contributed by atoms with Crippen LogP contribution >= 0.6 is 0 Å². The summed E-state index contributed by atoms with van der Waals surface area (Å²) in [5.41, 5.74) is 0.935. The van der Waals surface area contributed by atoms with Crippen molar-refractivity contribution in [2.45, 2.75) is 37.9 Å². The van der Waals surface area contributed by atoms with Gasteiger partial charge in [-0.15, -0.1) is 0 Å². The van der Waals surface area contributed by atoms with E-state index < -0.39 is 16.5 Å². The molecule has 90 valence electrons. The number of hydrogen-bond donors (Lipinski definition) is 0. The third-order valence-corrected chi connectivity index (χ3v) is 3.37. The summed E-state index contributed by atoms with van der Waals surface area (Å²) in [4.78, 5) is -0.0168. The maximum absolute atomic E-state index is 13.1. The second-order valence-electron chi connectivity index (χ2n) is 3.56. The number of rotatable bonds is 5. The van der Waals surface area contributed by atoms with Crippen molar-refractivity contribution >= 4 is 10.1 Å². The molecule has 1 aromatic rings. The number of hydrogen-bond acceptors (Lipinski definition) is 3. The lowest BCUT2D eigenvalue weighted by molar-refractivity contribution is 0.0657. The molecule has 16 heavy (non-hydrogen) atoms. The zero-order chi connectivity index (χ0) is 12.2. The topological polar surface area (TPSA) is 43.4 Å². The molecule has 1 aromatic carbocycles. The van der Waals surface area contributed by atoms with E-state index >= 15 is 0 Å². The molecule has 3 nitrogen and oxygen atoms in total. The third-order valence-electron chi connectivity index (χ3n) is 2.06. The molecule has 5 heteroatoms. The highest BCUT2D eigenvalue weighted by Crippen LogP contribution is 2.17. The van der Waals surface area contributed by atoms with Crippen molar-refractivity contribution in [1.82, 2.24) is 0 Å². The fourth-order valence-electron chi connectivity index (χ4n) is 1.17. The molecular weight excluding hydrogens is 231 g/mol. The SMILES string of the molecule is CCCC(F)OS(=O)(=O)c1ccc(C)cc1. The van der Waals surface area contributed by atoms with Crippen LogP contribution in [0.3, 0.4) is 0 Å². The second-order valence-corrected chi connectivity index (χ2v) is 5.13. The van der Waals surface area contributed by atoms with Crippen molar-refractivity contribution in [2.24, 2.45) is 0 Å². The molecule has 0 aliphatic heterocycles. The van der Waals surface area contributed by atoms with Crippen LogP contribution in [-0.2, 0) is 14.3 Å². The molecule has 0 bridgehead atoms. The van der Waals surface area contributed by atoms with E-state index in [4.69, 9.17) is 0 Å². The van der Waals surface area contributed by atoms with Crippen molar-refractivity contribution < 1.29 is 17.0 Å². The van der Waals surface area contributed by atoms with Crippen LogP contribution in [0.4, 0.5) is 4.39 Å². The van der Waals surface area contributed by atoms with Gasteiger partial charge in [0.15, 0.2) is 0 Å². The summed E-state index contributed by atoms with van der Waals surface area (Å²) < 4.78 is 40.6. The zero-order valence-electron chi connectivity index (χ0n) is 9.31. The van der Waals surface area contributed by atoms with E-state index in [0.29, 0.717) is 6.42 Å². The smallest absolute Gasteiger partial charge is 0.229 e. The maximum atomic E-state index is 13.1. The minimum atomic E-state index is -3.97. The second kappa shape index (κ2) is 5.41. The monoisotopic (exact) mass is 246 g/mol. The van der Waals surface area contributed by atoms with Gasteiger partial charge in [-0.1, -0.05) is 31.0 Å². The normalized spacial score (nSPS) is 13.7. The molecule has 0 fully saturated rings. The van der Waals surface area contributed by atoms with Gasteiger partial charge in [0, 0.05) is 6.42 Å². The summed E-state index contributed by atoms with van der Waals surface area (Å²) in [5, 5.41) is 0. The average molecular weight is 246 g/mol. The lowest BCUT2D eigenvalue weighted by Crippen LogP contribution is -2.14. The summed E-state index contributed by atoms with van der Waals surface area (Å²) in [6.07, 6.45) is -1.16. The maximum Gasteiger partial charge on any atom is 0.299 e. The van der Waals surface area contributed by atoms with E-state index in [1.807, 2.05) is 6.92 Å². The summed E-state index contributed by atoms with van der Waals surface area (Å²) in [5.74, 6) is 0. The van der Waals surface area contributed by atoms with Gasteiger partial charge in [0.05, 0.1) is 4.90 Å². The fraction of sp³-hybridized carbons (Fsp3) is 0.455. The Morgan fingerprint density at radius 1 is 1.31 bits per heavy atom. The van der Waals surface area contributed by atoms with Gasteiger partial charge in [0.2, 0.25) is 6.36 Å². The summed E-state index contributed by atoms with van der Waals surface area (Å²) >= 11 is 0. The van der Waals surface area contributed by atoms with Crippen LogP contribution in [0.15, 0.2) is 29.2 Å². The highest BCUT2D eigenvalue weighted by atomic mass is 32.2. The van der Waals surface area contributed by atoms with Crippen LogP contribution in [0.25, 0.3) is 0 Å². The molecule has 0 aliphatic carbocycles. The molecule has 1 unspecified atom stereocenters. The van der Waals surface area contributed by atoms with E-state index in [2.05, 4.69) is 4.18 Å². The Bertz CT molecular complexity index is 425. The van der Waals surface area contributed by atoms with Gasteiger partial charge in [0.1, 0.15) is 0 Å². The van der Waals surface area contributed by atoms with E-state index in [9.17, 15) is 12.8 Å². The molecule has 1 atom stereocenters. The Labute approximate surface area is 95.4 Å². The van der Waals surface area contributed by atoms with Crippen LogP contribution in [0, 0.1) is 6.92 Å². The van der Waals surface area contributed by atoms with Gasteiger partial charge < -0.3 is 0 Å². The van der Waals surface area contributed by atoms with Gasteiger partial charge in [-0.05, 0) is 19.1 Å². The number of alkyl halides is 1. The van der Waals surface area contributed by atoms with E-state index in [1.165, 1.54) is 12.1 Å². The largest absolute Gasteiger partial charge is 0.299 e. The first-order chi connectivity index (χ1) is 7.45. The molecule has 0 saturated heterocycles. The average Bonchev–Trinajstić information content (AvgIpc) is 2.17. The summed E-state index contributed by atoms with van der Waals surface area (Å²) in [7, 11) is -3.97. The zero-order valence-corrected chi connectivity index (χ0v) is 10.1. The van der Waals surface area contributed by atoms with E-state index in [1.54, 1.807) is 19.1 Å². The predicted molar refractivity (Wildman–Crippen MR) is 59.3 cm³/mol. The predicted octanol–water partition coefficient (Wildman–Crippen LogP) is 2.80. The standard InChI is InChI=1S/C11H15FO3S/c1-3-4-11(12)15-16(13,14)10-7-5-9(2)6-8-10/h5-8,11H,3-4H2,1-2H3. The molecule has 0 saturated carbocycles. The van der Waals surface area contributed by atoms with E-state index in [-0.39, 0.29) is 11.3 Å². The van der Waals surface area contributed by atoms with Crippen molar-refractivity contribution in [3.05, 3.63) is 29.8 Å². The van der Waals surface area contributed by atoms with Crippen LogP contribution in [0.2, 0.25) is 0 Å². The lowest BCUT2D eigenvalue weighted by atomic mass is 10.2. The van der Waals surface area contributed by atoms with Gasteiger partial charge in [-0.3, -0.25) is 0 Å². The first-order valence-corrected chi connectivity index (χ1v) is 6.50. The van der Waals surface area contributed by atoms with Crippen LogP contribution in [0.5, 0.6) is 0 Å². The molecule has 0 spiro atoms. The number of halogens is 1. The molecule has 0 heterocycles. The van der Waals surface area contributed by atoms with Crippen molar-refractivity contribution in [3.63, 3.8) is 0 Å². The first kappa shape index (κ1) is 13.1. The Kier molecular flexibility index (Phi) is 4.44. The molecule has 0 aliphatic rings. The van der Waals surface area contributed by atoms with Crippen LogP contribution in [-0.4, -0.2) is 14.8 Å². The summed E-state index contributed by atoms with van der Waals surface area (Å²) in [6, 6.07) is 6.10. The Balaban J connectivity index is 2.82. The summed E-state index contributed by atoms with van der Waals surface area (Å²) in [6.45, 7) is 3.60. The minimum absolute atomic E-state index is 0.0168. The molecular formula is C11H15FO3S.